The molecule has 3 rings (SSSR count). The summed E-state index contributed by atoms with van der Waals surface area (Å²) in [5, 5.41) is 0. The Labute approximate surface area is 55.4 Å². The van der Waals surface area contributed by atoms with Crippen LogP contribution in [-0.2, 0) is 0 Å². The van der Waals surface area contributed by atoms with Crippen LogP contribution in [0.3, 0.4) is 0 Å². The number of hydrogen-bond donors (Lipinski definition) is 0. The first-order valence-corrected chi connectivity index (χ1v) is 3.75. The molecule has 3 aliphatic rings. The van der Waals surface area contributed by atoms with Crippen LogP contribution >= 0.6 is 0 Å². The highest BCUT2D eigenvalue weighted by Crippen LogP contribution is 2.72. The van der Waals surface area contributed by atoms with Crippen molar-refractivity contribution in [2.24, 2.45) is 11.3 Å². The largest absolute Gasteiger partial charge is 0.244 e. The van der Waals surface area contributed by atoms with Gasteiger partial charge in [0.15, 0.2) is 0 Å². The Morgan fingerprint density at radius 1 is 1.22 bits per heavy atom. The van der Waals surface area contributed by atoms with Gasteiger partial charge in [-0.2, -0.15) is 0 Å². The maximum Gasteiger partial charge on any atom is 0.112 e. The highest BCUT2D eigenvalue weighted by atomic mass is 19.1. The molecule has 0 atom stereocenters. The first kappa shape index (κ1) is 5.70. The Hall–Kier alpha value is -0.0700. The van der Waals surface area contributed by atoms with Crippen molar-refractivity contribution in [1.29, 1.82) is 0 Å². The zero-order valence-electron chi connectivity index (χ0n) is 6.08. The average molecular weight is 128 g/mol. The number of hydrogen-bond acceptors (Lipinski definition) is 0. The fourth-order valence-electron chi connectivity index (χ4n) is 2.35. The van der Waals surface area contributed by atoms with Gasteiger partial charge in [-0.1, -0.05) is 13.8 Å². The van der Waals surface area contributed by atoms with Gasteiger partial charge in [0, 0.05) is 0 Å². The maximum atomic E-state index is 12.9. The summed E-state index contributed by atoms with van der Waals surface area (Å²) in [5.74, 6) is 0.704. The summed E-state index contributed by atoms with van der Waals surface area (Å²) < 4.78 is 12.9. The first-order valence-electron chi connectivity index (χ1n) is 3.75. The molecule has 0 radical (unpaired) electrons. The molecule has 3 saturated carbocycles. The molecule has 9 heavy (non-hydrogen) atoms. The van der Waals surface area contributed by atoms with Gasteiger partial charge in [0.25, 0.3) is 0 Å². The average Bonchev–Trinajstić information content (AvgIpc) is 1.54. The van der Waals surface area contributed by atoms with Gasteiger partial charge < -0.3 is 0 Å². The van der Waals surface area contributed by atoms with Crippen molar-refractivity contribution in [3.8, 4) is 0 Å². The summed E-state index contributed by atoms with van der Waals surface area (Å²) in [4.78, 5) is 0. The predicted molar refractivity (Wildman–Crippen MR) is 35.0 cm³/mol. The van der Waals surface area contributed by atoms with Gasteiger partial charge in [-0.15, -0.1) is 0 Å². The monoisotopic (exact) mass is 128 g/mol. The Morgan fingerprint density at radius 3 is 1.78 bits per heavy atom. The lowest BCUT2D eigenvalue weighted by molar-refractivity contribution is -0.236. The topological polar surface area (TPSA) is 0 Å². The molecule has 2 bridgehead atoms. The van der Waals surface area contributed by atoms with Gasteiger partial charge in [-0.25, -0.2) is 4.39 Å². The second-order valence-corrected chi connectivity index (χ2v) is 4.20. The van der Waals surface area contributed by atoms with Crippen molar-refractivity contribution in [2.75, 3.05) is 0 Å². The van der Waals surface area contributed by atoms with Gasteiger partial charge in [-0.3, -0.25) is 0 Å². The number of alkyl halides is 1. The fraction of sp³-hybridized carbons (Fsp3) is 1.00. The van der Waals surface area contributed by atoms with E-state index in [4.69, 9.17) is 0 Å². The van der Waals surface area contributed by atoms with E-state index in [9.17, 15) is 4.39 Å². The van der Waals surface area contributed by atoms with Crippen LogP contribution < -0.4 is 0 Å². The zero-order valence-corrected chi connectivity index (χ0v) is 6.08. The second-order valence-electron chi connectivity index (χ2n) is 4.20. The minimum absolute atomic E-state index is 0.453. The molecule has 0 aromatic heterocycles. The molecule has 0 spiro atoms. The van der Waals surface area contributed by atoms with Gasteiger partial charge in [0.1, 0.15) is 5.67 Å². The molecule has 0 aromatic carbocycles. The van der Waals surface area contributed by atoms with E-state index < -0.39 is 5.67 Å². The van der Waals surface area contributed by atoms with Crippen LogP contribution in [0.25, 0.3) is 0 Å². The summed E-state index contributed by atoms with van der Waals surface area (Å²) in [6.45, 7) is 4.41. The zero-order chi connectivity index (χ0) is 6.70. The molecular formula is C8H13F. The standard InChI is InChI=1S/C8H13F/c1-6(2)7-3-8(9,4-7)5-7/h6H,3-5H2,1-2H3. The molecule has 0 unspecified atom stereocenters. The van der Waals surface area contributed by atoms with Gasteiger partial charge in [0.05, 0.1) is 0 Å². The van der Waals surface area contributed by atoms with Crippen LogP contribution in [0.1, 0.15) is 33.1 Å². The first-order chi connectivity index (χ1) is 4.06. The molecule has 0 N–H and O–H groups in total. The number of halogens is 1. The van der Waals surface area contributed by atoms with E-state index in [-0.39, 0.29) is 0 Å². The molecule has 0 heterocycles. The van der Waals surface area contributed by atoms with Crippen molar-refractivity contribution < 1.29 is 4.39 Å². The molecule has 52 valence electrons. The molecule has 0 saturated heterocycles. The SMILES string of the molecule is CC(C)C12CC(F)(C1)C2. The summed E-state index contributed by atoms with van der Waals surface area (Å²) in [6, 6.07) is 0. The molecule has 0 aromatic rings. The maximum absolute atomic E-state index is 12.9. The van der Waals surface area contributed by atoms with Crippen LogP contribution in [0.4, 0.5) is 4.39 Å². The summed E-state index contributed by atoms with van der Waals surface area (Å²) in [5.41, 5.74) is -0.237. The van der Waals surface area contributed by atoms with Crippen LogP contribution in [-0.4, -0.2) is 5.67 Å². The smallest absolute Gasteiger partial charge is 0.112 e. The van der Waals surface area contributed by atoms with Crippen LogP contribution in [0.15, 0.2) is 0 Å². The predicted octanol–water partition coefficient (Wildman–Crippen LogP) is 2.53. The second kappa shape index (κ2) is 1.18. The molecule has 0 aliphatic heterocycles. The summed E-state index contributed by atoms with van der Waals surface area (Å²) in [6.07, 6.45) is 2.58. The van der Waals surface area contributed by atoms with Crippen molar-refractivity contribution in [1.82, 2.24) is 0 Å². The van der Waals surface area contributed by atoms with Crippen molar-refractivity contribution >= 4 is 0 Å². The molecule has 1 heteroatoms. The van der Waals surface area contributed by atoms with Crippen LogP contribution in [0.2, 0.25) is 0 Å². The molecule has 0 nitrogen and oxygen atoms in total. The summed E-state index contributed by atoms with van der Waals surface area (Å²) in [7, 11) is 0. The van der Waals surface area contributed by atoms with Crippen LogP contribution in [0, 0.1) is 11.3 Å². The lowest BCUT2D eigenvalue weighted by Crippen LogP contribution is -2.66. The van der Waals surface area contributed by atoms with Gasteiger partial charge in [0.2, 0.25) is 0 Å². The van der Waals surface area contributed by atoms with E-state index in [2.05, 4.69) is 13.8 Å². The highest BCUT2D eigenvalue weighted by Gasteiger charge is 2.69. The normalized spacial score (nSPS) is 54.7. The molecule has 3 fully saturated rings. The van der Waals surface area contributed by atoms with E-state index in [0.29, 0.717) is 11.3 Å². The quantitative estimate of drug-likeness (QED) is 0.509. The fourth-order valence-corrected chi connectivity index (χ4v) is 2.35. The Balaban J connectivity index is 2.04. The minimum atomic E-state index is -0.690. The number of rotatable bonds is 1. The molecule has 3 aliphatic carbocycles. The van der Waals surface area contributed by atoms with E-state index >= 15 is 0 Å². The highest BCUT2D eigenvalue weighted by molar-refractivity contribution is 5.19. The third-order valence-corrected chi connectivity index (χ3v) is 3.23. The summed E-state index contributed by atoms with van der Waals surface area (Å²) >= 11 is 0. The lowest BCUT2D eigenvalue weighted by atomic mass is 9.39. The van der Waals surface area contributed by atoms with Crippen molar-refractivity contribution in [3.63, 3.8) is 0 Å². The van der Waals surface area contributed by atoms with Crippen molar-refractivity contribution in [2.45, 2.75) is 38.8 Å². The lowest BCUT2D eigenvalue weighted by Gasteiger charge is -2.68. The third kappa shape index (κ3) is 0.487. The van der Waals surface area contributed by atoms with E-state index in [1.165, 1.54) is 0 Å². The molecular weight excluding hydrogens is 115 g/mol. The van der Waals surface area contributed by atoms with Crippen LogP contribution in [0.5, 0.6) is 0 Å². The minimum Gasteiger partial charge on any atom is -0.244 e. The van der Waals surface area contributed by atoms with E-state index in [1.807, 2.05) is 0 Å². The Bertz CT molecular complexity index is 129. The Kier molecular flexibility index (Phi) is 0.750. The van der Waals surface area contributed by atoms with Gasteiger partial charge in [-0.05, 0) is 30.6 Å². The van der Waals surface area contributed by atoms with Crippen molar-refractivity contribution in [3.05, 3.63) is 0 Å². The van der Waals surface area contributed by atoms with E-state index in [0.717, 1.165) is 19.3 Å². The van der Waals surface area contributed by atoms with E-state index in [1.54, 1.807) is 0 Å². The third-order valence-electron chi connectivity index (χ3n) is 3.23. The van der Waals surface area contributed by atoms with Gasteiger partial charge >= 0.3 is 0 Å². The Morgan fingerprint density at radius 2 is 1.67 bits per heavy atom. The molecule has 0 amide bonds.